The highest BCUT2D eigenvalue weighted by Crippen LogP contribution is 1.95. The fourth-order valence-electron chi connectivity index (χ4n) is 0.858. The molecule has 0 aromatic carbocycles. The first-order valence-corrected chi connectivity index (χ1v) is 4.61. The van der Waals surface area contributed by atoms with Gasteiger partial charge in [-0.3, -0.25) is 9.59 Å². The molecule has 5 nitrogen and oxygen atoms in total. The highest BCUT2D eigenvalue weighted by molar-refractivity contribution is 7.07. The minimum Gasteiger partial charge on any atom is -0.480 e. The molecule has 1 heterocycles. The quantitative estimate of drug-likeness (QED) is 0.702. The Hall–Kier alpha value is -1.14. The van der Waals surface area contributed by atoms with Gasteiger partial charge in [-0.2, -0.15) is 0 Å². The third kappa shape index (κ3) is 2.67. The van der Waals surface area contributed by atoms with Crippen molar-refractivity contribution >= 4 is 17.3 Å². The Morgan fingerprint density at radius 1 is 1.77 bits per heavy atom. The maximum atomic E-state index is 11.0. The third-order valence-corrected chi connectivity index (χ3v) is 2.34. The zero-order chi connectivity index (χ0) is 9.84. The zero-order valence-electron chi connectivity index (χ0n) is 6.84. The van der Waals surface area contributed by atoms with E-state index in [9.17, 15) is 9.59 Å². The van der Waals surface area contributed by atoms with Crippen molar-refractivity contribution in [1.82, 2.24) is 4.57 Å². The van der Waals surface area contributed by atoms with E-state index in [-0.39, 0.29) is 11.3 Å². The fourth-order valence-corrected chi connectivity index (χ4v) is 1.47. The number of rotatable bonds is 4. The first-order valence-electron chi connectivity index (χ1n) is 3.73. The molecule has 3 N–H and O–H groups in total. The maximum absolute atomic E-state index is 11.0. The highest BCUT2D eigenvalue weighted by atomic mass is 32.1. The smallest absolute Gasteiger partial charge is 0.320 e. The van der Waals surface area contributed by atoms with Crippen LogP contribution in [0.15, 0.2) is 16.4 Å². The van der Waals surface area contributed by atoms with E-state index in [1.54, 1.807) is 11.6 Å². The lowest BCUT2D eigenvalue weighted by molar-refractivity contribution is -0.138. The lowest BCUT2D eigenvalue weighted by Crippen LogP contribution is -2.32. The van der Waals surface area contributed by atoms with Crippen LogP contribution in [0.5, 0.6) is 0 Å². The molecule has 1 rings (SSSR count). The summed E-state index contributed by atoms with van der Waals surface area (Å²) >= 11 is 1.08. The molecule has 0 amide bonds. The number of aromatic nitrogens is 1. The number of carboxylic acid groups (broad SMARTS) is 1. The molecule has 0 radical (unpaired) electrons. The number of nitrogens with zero attached hydrogens (tertiary/aromatic N) is 1. The fraction of sp³-hybridized carbons (Fsp3) is 0.429. The van der Waals surface area contributed by atoms with E-state index >= 15 is 0 Å². The van der Waals surface area contributed by atoms with Gasteiger partial charge in [-0.25, -0.2) is 0 Å². The molecule has 0 aliphatic carbocycles. The Balaban J connectivity index is 2.48. The molecule has 13 heavy (non-hydrogen) atoms. The number of hydrogen-bond acceptors (Lipinski definition) is 4. The van der Waals surface area contributed by atoms with Crippen LogP contribution in [0.2, 0.25) is 0 Å². The van der Waals surface area contributed by atoms with Crippen molar-refractivity contribution in [2.75, 3.05) is 0 Å². The minimum absolute atomic E-state index is 0.0856. The van der Waals surface area contributed by atoms with E-state index in [0.29, 0.717) is 6.54 Å². The molecular weight excluding hydrogens is 192 g/mol. The van der Waals surface area contributed by atoms with Gasteiger partial charge in [0.1, 0.15) is 6.04 Å². The van der Waals surface area contributed by atoms with Crippen LogP contribution in [0, 0.1) is 0 Å². The van der Waals surface area contributed by atoms with Crippen LogP contribution >= 0.6 is 11.3 Å². The second-order valence-corrected chi connectivity index (χ2v) is 3.45. The van der Waals surface area contributed by atoms with Gasteiger partial charge in [-0.05, 0) is 6.42 Å². The lowest BCUT2D eigenvalue weighted by atomic mass is 10.2. The first-order chi connectivity index (χ1) is 6.11. The number of hydrogen-bond donors (Lipinski definition) is 2. The van der Waals surface area contributed by atoms with Gasteiger partial charge in [0.05, 0.1) is 0 Å². The van der Waals surface area contributed by atoms with Gasteiger partial charge in [0.2, 0.25) is 0 Å². The molecule has 0 bridgehead atoms. The predicted molar refractivity (Wildman–Crippen MR) is 48.8 cm³/mol. The van der Waals surface area contributed by atoms with Crippen LogP contribution in [0.3, 0.4) is 0 Å². The molecule has 0 spiro atoms. The van der Waals surface area contributed by atoms with Crippen LogP contribution in [0.25, 0.3) is 0 Å². The van der Waals surface area contributed by atoms with Crippen molar-refractivity contribution in [2.45, 2.75) is 19.0 Å². The van der Waals surface area contributed by atoms with Crippen molar-refractivity contribution in [2.24, 2.45) is 5.73 Å². The van der Waals surface area contributed by atoms with E-state index in [1.807, 2.05) is 0 Å². The van der Waals surface area contributed by atoms with Gasteiger partial charge in [0, 0.05) is 18.1 Å². The number of carboxylic acids is 1. The topological polar surface area (TPSA) is 85.3 Å². The van der Waals surface area contributed by atoms with Gasteiger partial charge in [0.25, 0.3) is 0 Å². The average Bonchev–Trinajstić information content (AvgIpc) is 2.47. The first kappa shape index (κ1) is 9.94. The van der Waals surface area contributed by atoms with Crippen LogP contribution in [0.4, 0.5) is 0 Å². The van der Waals surface area contributed by atoms with Crippen LogP contribution in [0.1, 0.15) is 6.42 Å². The lowest BCUT2D eigenvalue weighted by Gasteiger charge is -2.05. The van der Waals surface area contributed by atoms with E-state index in [2.05, 4.69) is 0 Å². The number of aryl methyl sites for hydroxylation is 1. The molecule has 1 aromatic heterocycles. The van der Waals surface area contributed by atoms with Crippen molar-refractivity contribution < 1.29 is 9.90 Å². The second-order valence-electron chi connectivity index (χ2n) is 2.60. The number of thiazole rings is 1. The Labute approximate surface area is 78.4 Å². The minimum atomic E-state index is -1.04. The summed E-state index contributed by atoms with van der Waals surface area (Å²) in [6, 6.07) is -0.896. The highest BCUT2D eigenvalue weighted by Gasteiger charge is 2.11. The molecule has 72 valence electrons. The van der Waals surface area contributed by atoms with Gasteiger partial charge in [0.15, 0.2) is 0 Å². The van der Waals surface area contributed by atoms with Crippen molar-refractivity contribution in [3.8, 4) is 0 Å². The van der Waals surface area contributed by atoms with Crippen molar-refractivity contribution in [1.29, 1.82) is 0 Å². The van der Waals surface area contributed by atoms with Crippen molar-refractivity contribution in [3.63, 3.8) is 0 Å². The third-order valence-electron chi connectivity index (χ3n) is 1.64. The van der Waals surface area contributed by atoms with Crippen LogP contribution in [-0.2, 0) is 11.3 Å². The van der Waals surface area contributed by atoms with Gasteiger partial charge < -0.3 is 15.4 Å². The van der Waals surface area contributed by atoms with Crippen molar-refractivity contribution in [3.05, 3.63) is 21.2 Å². The summed E-state index contributed by atoms with van der Waals surface area (Å²) in [4.78, 5) is 21.2. The summed E-state index contributed by atoms with van der Waals surface area (Å²) in [5.74, 6) is -1.04. The summed E-state index contributed by atoms with van der Waals surface area (Å²) < 4.78 is 1.45. The Morgan fingerprint density at radius 2 is 2.46 bits per heavy atom. The molecule has 0 aliphatic heterocycles. The average molecular weight is 202 g/mol. The predicted octanol–water partition coefficient (Wildman–Crippen LogP) is -0.288. The molecule has 0 saturated carbocycles. The van der Waals surface area contributed by atoms with Gasteiger partial charge >= 0.3 is 10.8 Å². The SMILES string of the molecule is N[C@@H](CCn1ccsc1=O)C(=O)O. The molecule has 0 saturated heterocycles. The zero-order valence-corrected chi connectivity index (χ0v) is 7.66. The standard InChI is InChI=1S/C7H10N2O3S/c8-5(6(10)11)1-2-9-3-4-13-7(9)12/h3-5H,1-2,8H2,(H,10,11)/t5-/m0/s1. The van der Waals surface area contributed by atoms with E-state index in [4.69, 9.17) is 10.8 Å². The Morgan fingerprint density at radius 3 is 2.92 bits per heavy atom. The summed E-state index contributed by atoms with van der Waals surface area (Å²) in [5.41, 5.74) is 5.27. The van der Waals surface area contributed by atoms with E-state index < -0.39 is 12.0 Å². The van der Waals surface area contributed by atoms with Gasteiger partial charge in [-0.1, -0.05) is 11.3 Å². The van der Waals surface area contributed by atoms with Crippen LogP contribution < -0.4 is 10.6 Å². The molecule has 1 atom stereocenters. The Kier molecular flexibility index (Phi) is 3.21. The van der Waals surface area contributed by atoms with E-state index in [0.717, 1.165) is 11.3 Å². The Bertz CT molecular complexity index is 344. The molecule has 1 aromatic rings. The molecule has 0 aliphatic rings. The summed E-state index contributed by atoms with van der Waals surface area (Å²) in [6.07, 6.45) is 1.90. The maximum Gasteiger partial charge on any atom is 0.320 e. The number of carbonyl (C=O) groups is 1. The summed E-state index contributed by atoms with van der Waals surface area (Å²) in [7, 11) is 0. The summed E-state index contributed by atoms with van der Waals surface area (Å²) in [6.45, 7) is 0.357. The number of nitrogens with two attached hydrogens (primary N) is 1. The summed E-state index contributed by atoms with van der Waals surface area (Å²) in [5, 5.41) is 10.1. The molecule has 0 fully saturated rings. The molecule has 6 heteroatoms. The van der Waals surface area contributed by atoms with E-state index in [1.165, 1.54) is 4.57 Å². The normalized spacial score (nSPS) is 12.7. The number of aliphatic carboxylic acids is 1. The molecular formula is C7H10N2O3S. The van der Waals surface area contributed by atoms with Gasteiger partial charge in [-0.15, -0.1) is 0 Å². The molecule has 0 unspecified atom stereocenters. The largest absolute Gasteiger partial charge is 0.480 e. The van der Waals surface area contributed by atoms with Crippen LogP contribution in [-0.4, -0.2) is 21.7 Å². The second kappa shape index (κ2) is 4.20. The monoisotopic (exact) mass is 202 g/mol.